The van der Waals surface area contributed by atoms with Gasteiger partial charge in [-0.2, -0.15) is 0 Å². The van der Waals surface area contributed by atoms with Gasteiger partial charge in [-0.05, 0) is 32.2 Å². The topological polar surface area (TPSA) is 12.0 Å². The number of allylic oxidation sites excluding steroid dienone is 1. The summed E-state index contributed by atoms with van der Waals surface area (Å²) in [6.45, 7) is 1.23. The fourth-order valence-electron chi connectivity index (χ4n) is 1.92. The van der Waals surface area contributed by atoms with Gasteiger partial charge in [0, 0.05) is 5.54 Å². The molecule has 0 aromatic rings. The van der Waals surface area contributed by atoms with E-state index in [1.807, 2.05) is 0 Å². The van der Waals surface area contributed by atoms with Crippen LogP contribution in [-0.2, 0) is 0 Å². The van der Waals surface area contributed by atoms with E-state index in [0.29, 0.717) is 5.54 Å². The molecule has 2 rings (SSSR count). The van der Waals surface area contributed by atoms with E-state index in [9.17, 15) is 0 Å². The summed E-state index contributed by atoms with van der Waals surface area (Å²) < 4.78 is 0. The Labute approximate surface area is 56.1 Å². The fraction of sp³-hybridized carbons (Fsp3) is 0.750. The molecular formula is C8H13N. The van der Waals surface area contributed by atoms with E-state index in [4.69, 9.17) is 0 Å². The normalized spacial score (nSPS) is 40.9. The highest BCUT2D eigenvalue weighted by Crippen LogP contribution is 2.30. The molecule has 0 bridgehead atoms. The molecule has 1 spiro atoms. The average Bonchev–Trinajstić information content (AvgIpc) is 2.45. The van der Waals surface area contributed by atoms with E-state index in [-0.39, 0.29) is 0 Å². The summed E-state index contributed by atoms with van der Waals surface area (Å²) in [7, 11) is 0. The second-order valence-corrected chi connectivity index (χ2v) is 3.13. The zero-order chi connectivity index (χ0) is 6.16. The maximum Gasteiger partial charge on any atom is 0.0367 e. The van der Waals surface area contributed by atoms with Crippen molar-refractivity contribution in [2.24, 2.45) is 0 Å². The van der Waals surface area contributed by atoms with Crippen LogP contribution in [0.3, 0.4) is 0 Å². The molecule has 0 amide bonds. The van der Waals surface area contributed by atoms with Crippen LogP contribution in [0.5, 0.6) is 0 Å². The van der Waals surface area contributed by atoms with Crippen molar-refractivity contribution in [3.63, 3.8) is 0 Å². The van der Waals surface area contributed by atoms with Gasteiger partial charge in [0.05, 0.1) is 0 Å². The van der Waals surface area contributed by atoms with Crippen molar-refractivity contribution in [1.29, 1.82) is 0 Å². The third-order valence-electron chi connectivity index (χ3n) is 2.47. The predicted molar refractivity (Wildman–Crippen MR) is 38.3 cm³/mol. The van der Waals surface area contributed by atoms with Crippen LogP contribution in [0.15, 0.2) is 12.2 Å². The monoisotopic (exact) mass is 123 g/mol. The smallest absolute Gasteiger partial charge is 0.0367 e. The Balaban J connectivity index is 2.13. The lowest BCUT2D eigenvalue weighted by molar-refractivity contribution is 0.462. The van der Waals surface area contributed by atoms with Crippen molar-refractivity contribution in [3.8, 4) is 0 Å². The highest BCUT2D eigenvalue weighted by atomic mass is 15.0. The molecule has 1 nitrogen and oxygen atoms in total. The first kappa shape index (κ1) is 5.48. The van der Waals surface area contributed by atoms with Crippen LogP contribution >= 0.6 is 0 Å². The Morgan fingerprint density at radius 2 is 2.33 bits per heavy atom. The molecule has 1 aliphatic heterocycles. The predicted octanol–water partition coefficient (Wildman–Crippen LogP) is 1.46. The summed E-state index contributed by atoms with van der Waals surface area (Å²) in [5, 5.41) is 3.55. The molecular weight excluding hydrogens is 110 g/mol. The minimum atomic E-state index is 0.458. The molecule has 0 aromatic heterocycles. The molecule has 1 fully saturated rings. The Hall–Kier alpha value is -0.300. The first-order chi connectivity index (χ1) is 4.41. The van der Waals surface area contributed by atoms with Gasteiger partial charge in [0.1, 0.15) is 0 Å². The van der Waals surface area contributed by atoms with E-state index < -0.39 is 0 Å². The lowest BCUT2D eigenvalue weighted by Crippen LogP contribution is -2.34. The van der Waals surface area contributed by atoms with E-state index >= 15 is 0 Å². The van der Waals surface area contributed by atoms with Gasteiger partial charge in [-0.25, -0.2) is 0 Å². The molecule has 50 valence electrons. The zero-order valence-electron chi connectivity index (χ0n) is 5.69. The third kappa shape index (κ3) is 0.799. The SMILES string of the molecule is C1=CC2(CC1)CCCN2. The first-order valence-corrected chi connectivity index (χ1v) is 3.84. The summed E-state index contributed by atoms with van der Waals surface area (Å²) in [4.78, 5) is 0. The van der Waals surface area contributed by atoms with Gasteiger partial charge in [-0.3, -0.25) is 0 Å². The molecule has 1 unspecified atom stereocenters. The van der Waals surface area contributed by atoms with Crippen LogP contribution in [0.4, 0.5) is 0 Å². The first-order valence-electron chi connectivity index (χ1n) is 3.84. The van der Waals surface area contributed by atoms with Gasteiger partial charge in [-0.15, -0.1) is 0 Å². The van der Waals surface area contributed by atoms with E-state index in [2.05, 4.69) is 17.5 Å². The molecule has 0 radical (unpaired) electrons. The Bertz CT molecular complexity index is 132. The van der Waals surface area contributed by atoms with Crippen LogP contribution < -0.4 is 5.32 Å². The summed E-state index contributed by atoms with van der Waals surface area (Å²) in [6.07, 6.45) is 10.0. The van der Waals surface area contributed by atoms with Gasteiger partial charge in [-0.1, -0.05) is 12.2 Å². The second kappa shape index (κ2) is 1.84. The van der Waals surface area contributed by atoms with E-state index in [0.717, 1.165) is 0 Å². The zero-order valence-corrected chi connectivity index (χ0v) is 5.69. The molecule has 9 heavy (non-hydrogen) atoms. The number of hydrogen-bond acceptors (Lipinski definition) is 1. The van der Waals surface area contributed by atoms with Gasteiger partial charge >= 0.3 is 0 Å². The molecule has 1 N–H and O–H groups in total. The molecule has 1 heterocycles. The van der Waals surface area contributed by atoms with E-state index in [1.165, 1.54) is 32.2 Å². The number of nitrogens with one attached hydrogen (secondary N) is 1. The standard InChI is InChI=1S/C8H13N/c1-2-5-8(4-1)6-3-7-9-8/h1,4,9H,2-3,5-7H2. The highest BCUT2D eigenvalue weighted by Gasteiger charge is 2.31. The Morgan fingerprint density at radius 3 is 2.89 bits per heavy atom. The molecule has 1 heteroatoms. The van der Waals surface area contributed by atoms with Crippen molar-refractivity contribution in [2.45, 2.75) is 31.2 Å². The minimum absolute atomic E-state index is 0.458. The van der Waals surface area contributed by atoms with E-state index in [1.54, 1.807) is 0 Å². The van der Waals surface area contributed by atoms with Crippen molar-refractivity contribution in [2.75, 3.05) is 6.54 Å². The maximum atomic E-state index is 3.55. The lowest BCUT2D eigenvalue weighted by atomic mass is 9.97. The van der Waals surface area contributed by atoms with Crippen LogP contribution in [0.1, 0.15) is 25.7 Å². The fourth-order valence-corrected chi connectivity index (χ4v) is 1.92. The molecule has 0 aromatic carbocycles. The molecule has 1 saturated heterocycles. The summed E-state index contributed by atoms with van der Waals surface area (Å²) in [5.41, 5.74) is 0.458. The number of hydrogen-bond donors (Lipinski definition) is 1. The van der Waals surface area contributed by atoms with Crippen molar-refractivity contribution >= 4 is 0 Å². The van der Waals surface area contributed by atoms with Crippen molar-refractivity contribution in [1.82, 2.24) is 5.32 Å². The van der Waals surface area contributed by atoms with Crippen LogP contribution in [0.25, 0.3) is 0 Å². The lowest BCUT2D eigenvalue weighted by Gasteiger charge is -2.20. The molecule has 1 atom stereocenters. The number of rotatable bonds is 0. The third-order valence-corrected chi connectivity index (χ3v) is 2.47. The second-order valence-electron chi connectivity index (χ2n) is 3.13. The Morgan fingerprint density at radius 1 is 1.33 bits per heavy atom. The summed E-state index contributed by atoms with van der Waals surface area (Å²) in [5.74, 6) is 0. The minimum Gasteiger partial charge on any atom is -0.308 e. The average molecular weight is 123 g/mol. The molecule has 2 aliphatic rings. The largest absolute Gasteiger partial charge is 0.308 e. The van der Waals surface area contributed by atoms with Crippen LogP contribution in [0.2, 0.25) is 0 Å². The van der Waals surface area contributed by atoms with Crippen LogP contribution in [-0.4, -0.2) is 12.1 Å². The van der Waals surface area contributed by atoms with Gasteiger partial charge < -0.3 is 5.32 Å². The van der Waals surface area contributed by atoms with Gasteiger partial charge in [0.15, 0.2) is 0 Å². The summed E-state index contributed by atoms with van der Waals surface area (Å²) >= 11 is 0. The van der Waals surface area contributed by atoms with Gasteiger partial charge in [0.2, 0.25) is 0 Å². The van der Waals surface area contributed by atoms with Crippen molar-refractivity contribution < 1.29 is 0 Å². The quantitative estimate of drug-likeness (QED) is 0.481. The van der Waals surface area contributed by atoms with Crippen molar-refractivity contribution in [3.05, 3.63) is 12.2 Å². The molecule has 1 aliphatic carbocycles. The highest BCUT2D eigenvalue weighted by molar-refractivity contribution is 5.14. The Kier molecular flexibility index (Phi) is 1.12. The maximum absolute atomic E-state index is 3.55. The summed E-state index contributed by atoms with van der Waals surface area (Å²) in [6, 6.07) is 0. The van der Waals surface area contributed by atoms with Crippen LogP contribution in [0, 0.1) is 0 Å². The van der Waals surface area contributed by atoms with Gasteiger partial charge in [0.25, 0.3) is 0 Å². The molecule has 0 saturated carbocycles.